The first-order valence-electron chi connectivity index (χ1n) is 14.8. The summed E-state index contributed by atoms with van der Waals surface area (Å²) in [5.74, 6) is -4.40. The van der Waals surface area contributed by atoms with E-state index in [4.69, 9.17) is 0 Å². The van der Waals surface area contributed by atoms with E-state index in [1.807, 2.05) is 27.7 Å². The Morgan fingerprint density at radius 2 is 1.31 bits per heavy atom. The van der Waals surface area contributed by atoms with Crippen LogP contribution in [0.3, 0.4) is 0 Å². The van der Waals surface area contributed by atoms with Crippen molar-refractivity contribution in [1.29, 1.82) is 0 Å². The van der Waals surface area contributed by atoms with Gasteiger partial charge < -0.3 is 26.2 Å². The van der Waals surface area contributed by atoms with Crippen LogP contribution < -0.4 is 21.3 Å². The smallest absolute Gasteiger partial charge is 0.261 e. The van der Waals surface area contributed by atoms with Gasteiger partial charge in [-0.25, -0.2) is 0 Å². The maximum absolute atomic E-state index is 13.7. The zero-order valence-electron chi connectivity index (χ0n) is 26.6. The molecule has 0 saturated carbocycles. The van der Waals surface area contributed by atoms with Crippen molar-refractivity contribution in [1.82, 2.24) is 15.5 Å². The molecule has 13 nitrogen and oxygen atoms in total. The summed E-state index contributed by atoms with van der Waals surface area (Å²) in [5.41, 5.74) is 0.565. The summed E-state index contributed by atoms with van der Waals surface area (Å²) in [6.07, 6.45) is -0.814. The van der Waals surface area contributed by atoms with Crippen LogP contribution in [0.1, 0.15) is 75.1 Å². The van der Waals surface area contributed by atoms with Crippen molar-refractivity contribution in [2.75, 3.05) is 30.1 Å². The summed E-state index contributed by atoms with van der Waals surface area (Å²) in [6.45, 7) is 10.1. The summed E-state index contributed by atoms with van der Waals surface area (Å²) >= 11 is 0. The number of anilines is 2. The number of benzene rings is 2. The Balaban J connectivity index is 1.98. The number of amides is 6. The van der Waals surface area contributed by atoms with Crippen LogP contribution in [0.25, 0.3) is 10.8 Å². The van der Waals surface area contributed by atoms with Crippen LogP contribution >= 0.6 is 7.37 Å². The van der Waals surface area contributed by atoms with Crippen LogP contribution in [-0.4, -0.2) is 70.8 Å². The Hall–Kier alpha value is -4.09. The van der Waals surface area contributed by atoms with E-state index in [2.05, 4.69) is 21.3 Å². The Morgan fingerprint density at radius 1 is 0.822 bits per heavy atom. The normalized spacial score (nSPS) is 15.5. The zero-order valence-corrected chi connectivity index (χ0v) is 27.5. The van der Waals surface area contributed by atoms with Crippen molar-refractivity contribution in [2.45, 2.75) is 60.4 Å². The summed E-state index contributed by atoms with van der Waals surface area (Å²) in [6, 6.07) is 5.05. The van der Waals surface area contributed by atoms with E-state index in [9.17, 15) is 38.2 Å². The first-order chi connectivity index (χ1) is 20.9. The molecule has 1 aliphatic heterocycles. The topological polar surface area (TPSA) is 191 Å². The van der Waals surface area contributed by atoms with Gasteiger partial charge in [-0.2, -0.15) is 0 Å². The monoisotopic (exact) mass is 643 g/mol. The van der Waals surface area contributed by atoms with Gasteiger partial charge in [0.1, 0.15) is 12.3 Å². The molecule has 0 aromatic heterocycles. The van der Waals surface area contributed by atoms with Crippen LogP contribution in [0.4, 0.5) is 11.4 Å². The van der Waals surface area contributed by atoms with E-state index < -0.39 is 61.3 Å². The van der Waals surface area contributed by atoms with Crippen LogP contribution in [0.15, 0.2) is 24.3 Å². The van der Waals surface area contributed by atoms with E-state index in [0.29, 0.717) is 16.7 Å². The van der Waals surface area contributed by atoms with Gasteiger partial charge in [0.15, 0.2) is 0 Å². The Bertz CT molecular complexity index is 1520. The summed E-state index contributed by atoms with van der Waals surface area (Å²) < 4.78 is 13.7. The van der Waals surface area contributed by atoms with Gasteiger partial charge in [-0.15, -0.1) is 0 Å². The minimum atomic E-state index is -4.38. The Kier molecular flexibility index (Phi) is 11.3. The molecule has 14 heteroatoms. The van der Waals surface area contributed by atoms with Gasteiger partial charge >= 0.3 is 0 Å². The summed E-state index contributed by atoms with van der Waals surface area (Å²) in [5, 5.41) is 11.1. The van der Waals surface area contributed by atoms with Gasteiger partial charge in [-0.05, 0) is 54.3 Å². The lowest BCUT2D eigenvalue weighted by Crippen LogP contribution is -2.49. The third kappa shape index (κ3) is 8.98. The second-order valence-corrected chi connectivity index (χ2v) is 14.7. The molecular weight excluding hydrogens is 601 g/mol. The first-order valence-corrected chi connectivity index (χ1v) is 16.8. The predicted octanol–water partition coefficient (Wildman–Crippen LogP) is 3.52. The number of carbonyl (C=O) groups is 6. The van der Waals surface area contributed by atoms with Gasteiger partial charge in [0, 0.05) is 49.7 Å². The summed E-state index contributed by atoms with van der Waals surface area (Å²) in [4.78, 5) is 88.7. The highest BCUT2D eigenvalue weighted by Gasteiger charge is 2.40. The second-order valence-electron chi connectivity index (χ2n) is 12.3. The summed E-state index contributed by atoms with van der Waals surface area (Å²) in [7, 11) is -2.92. The molecule has 2 aromatic carbocycles. The molecule has 3 rings (SSSR count). The average molecular weight is 644 g/mol. The van der Waals surface area contributed by atoms with Crippen molar-refractivity contribution in [3.8, 4) is 0 Å². The van der Waals surface area contributed by atoms with Crippen LogP contribution in [0, 0.1) is 17.8 Å². The number of likely N-dealkylation sites (N-methyl/N-ethyl adjacent to an activating group) is 1. The molecule has 1 heterocycles. The van der Waals surface area contributed by atoms with Crippen LogP contribution in [0.5, 0.6) is 0 Å². The van der Waals surface area contributed by atoms with E-state index in [1.165, 1.54) is 33.0 Å². The van der Waals surface area contributed by atoms with Crippen molar-refractivity contribution >= 4 is 65.0 Å². The second kappa shape index (κ2) is 14.3. The molecule has 2 aromatic rings. The fraction of sp³-hybridized carbons (Fsp3) is 0.484. The molecule has 2 unspecified atom stereocenters. The van der Waals surface area contributed by atoms with E-state index >= 15 is 0 Å². The number of hydrogen-bond acceptors (Lipinski definition) is 7. The average Bonchev–Trinajstić information content (AvgIpc) is 2.91. The van der Waals surface area contributed by atoms with Crippen molar-refractivity contribution in [3.63, 3.8) is 0 Å². The SMILES string of the molecule is CNC(=O)[C@H](CC(C)C)NC(=O)C(CC(C)C)CP(=O)(O)CN1C(=O)c2cc(NC(C)=O)cc3cc(NC(C)=O)cc(c23)C1=O. The molecule has 0 bridgehead atoms. The Morgan fingerprint density at radius 3 is 1.73 bits per heavy atom. The minimum Gasteiger partial charge on any atom is -0.357 e. The number of hydrogen-bond donors (Lipinski definition) is 5. The highest BCUT2D eigenvalue weighted by molar-refractivity contribution is 7.58. The molecule has 5 N–H and O–H groups in total. The molecule has 0 spiro atoms. The highest BCUT2D eigenvalue weighted by Crippen LogP contribution is 2.46. The third-order valence-corrected chi connectivity index (χ3v) is 8.96. The molecular formula is C31H42N5O8P. The van der Waals surface area contributed by atoms with Gasteiger partial charge in [-0.1, -0.05) is 27.7 Å². The van der Waals surface area contributed by atoms with Gasteiger partial charge in [0.25, 0.3) is 11.8 Å². The molecule has 3 atom stereocenters. The molecule has 45 heavy (non-hydrogen) atoms. The van der Waals surface area contributed by atoms with Crippen molar-refractivity contribution in [2.24, 2.45) is 17.8 Å². The zero-order chi connectivity index (χ0) is 33.8. The van der Waals surface area contributed by atoms with E-state index in [0.717, 1.165) is 0 Å². The molecule has 6 amide bonds. The number of nitrogens with one attached hydrogen (secondary N) is 4. The third-order valence-electron chi connectivity index (χ3n) is 7.22. The number of nitrogens with zero attached hydrogens (tertiary/aromatic N) is 1. The Labute approximate surface area is 262 Å². The minimum absolute atomic E-state index is 0.0267. The first kappa shape index (κ1) is 35.4. The molecule has 1 aliphatic rings. The van der Waals surface area contributed by atoms with Gasteiger partial charge in [0.2, 0.25) is 31.0 Å². The van der Waals surface area contributed by atoms with Gasteiger partial charge in [-0.3, -0.25) is 38.2 Å². The predicted molar refractivity (Wildman–Crippen MR) is 171 cm³/mol. The number of imide groups is 1. The molecule has 0 fully saturated rings. The fourth-order valence-electron chi connectivity index (χ4n) is 5.54. The lowest BCUT2D eigenvalue weighted by atomic mass is 9.93. The quantitative estimate of drug-likeness (QED) is 0.162. The van der Waals surface area contributed by atoms with E-state index in [-0.39, 0.29) is 52.1 Å². The fourth-order valence-corrected chi connectivity index (χ4v) is 7.36. The van der Waals surface area contributed by atoms with Crippen LogP contribution in [-0.2, 0) is 23.7 Å². The van der Waals surface area contributed by atoms with Crippen LogP contribution in [0.2, 0.25) is 0 Å². The van der Waals surface area contributed by atoms with Crippen molar-refractivity contribution < 1.29 is 38.2 Å². The maximum atomic E-state index is 13.7. The maximum Gasteiger partial charge on any atom is 0.261 e. The molecule has 0 aliphatic carbocycles. The molecule has 0 saturated heterocycles. The lowest BCUT2D eigenvalue weighted by molar-refractivity contribution is -0.131. The highest BCUT2D eigenvalue weighted by atomic mass is 31.2. The standard InChI is InChI=1S/C31H42N5O8P/c1-16(2)8-21(28(39)35-26(9-17(3)4)29(40)32-7)14-45(43,44)15-36-30(41)24-12-22(33-18(5)37)10-20-11-23(34-19(6)38)13-25(27(20)24)31(36)42/h10-13,16-17,21,26H,8-9,14-15H2,1-7H3,(H,32,40)(H,33,37)(H,34,38)(H,35,39)(H,43,44)/t21?,26-/m0/s1. The molecule has 0 radical (unpaired) electrons. The lowest BCUT2D eigenvalue weighted by Gasteiger charge is -2.31. The number of rotatable bonds is 13. The molecule has 244 valence electrons. The number of carbonyl (C=O) groups excluding carboxylic acids is 6. The van der Waals surface area contributed by atoms with Crippen molar-refractivity contribution in [3.05, 3.63) is 35.4 Å². The van der Waals surface area contributed by atoms with Gasteiger partial charge in [0.05, 0.1) is 11.1 Å². The van der Waals surface area contributed by atoms with E-state index in [1.54, 1.807) is 12.1 Å². The largest absolute Gasteiger partial charge is 0.357 e.